The van der Waals surface area contributed by atoms with Crippen LogP contribution >= 0.6 is 0 Å². The molecule has 1 aliphatic carbocycles. The second-order valence-electron chi connectivity index (χ2n) is 10.4. The Hall–Kier alpha value is -1.84. The van der Waals surface area contributed by atoms with Crippen LogP contribution in [0.4, 0.5) is 0 Å². The topological polar surface area (TPSA) is 74.6 Å². The van der Waals surface area contributed by atoms with Gasteiger partial charge in [0.05, 0.1) is 10.8 Å². The molecule has 0 saturated heterocycles. The molecule has 0 amide bonds. The summed E-state index contributed by atoms with van der Waals surface area (Å²) in [5, 5.41) is 18.4. The Bertz CT molecular complexity index is 731. The van der Waals surface area contributed by atoms with Gasteiger partial charge < -0.3 is 10.2 Å². The van der Waals surface area contributed by atoms with Crippen molar-refractivity contribution in [3.05, 3.63) is 34.9 Å². The van der Waals surface area contributed by atoms with Gasteiger partial charge in [0, 0.05) is 0 Å². The summed E-state index contributed by atoms with van der Waals surface area (Å²) in [4.78, 5) is 22.4. The van der Waals surface area contributed by atoms with Crippen molar-refractivity contribution in [3.63, 3.8) is 0 Å². The Morgan fingerprint density at radius 3 is 2.13 bits per heavy atom. The van der Waals surface area contributed by atoms with E-state index in [0.29, 0.717) is 0 Å². The van der Waals surface area contributed by atoms with Gasteiger partial charge in [-0.05, 0) is 88.8 Å². The molecule has 0 aromatic heterocycles. The minimum absolute atomic E-state index is 0.363. The fourth-order valence-corrected chi connectivity index (χ4v) is 4.36. The summed E-state index contributed by atoms with van der Waals surface area (Å²) in [5.74, 6) is -1.30. The molecule has 0 unspecified atom stereocenters. The van der Waals surface area contributed by atoms with Gasteiger partial charge in [-0.25, -0.2) is 0 Å². The Balaban J connectivity index is 1.61. The molecule has 0 aliphatic heterocycles. The number of unbranched alkanes of at least 4 members (excludes halogenated alkanes) is 6. The maximum Gasteiger partial charge on any atom is 0.309 e. The first-order valence-electron chi connectivity index (χ1n) is 12.2. The number of carboxylic acid groups (broad SMARTS) is 2. The number of carbonyl (C=O) groups is 2. The number of benzene rings is 1. The summed E-state index contributed by atoms with van der Waals surface area (Å²) in [6.07, 6.45) is 14.4. The molecule has 1 aliphatic rings. The van der Waals surface area contributed by atoms with Crippen molar-refractivity contribution in [2.24, 2.45) is 10.8 Å². The van der Waals surface area contributed by atoms with Crippen molar-refractivity contribution in [1.82, 2.24) is 0 Å². The summed E-state index contributed by atoms with van der Waals surface area (Å²) in [6.45, 7) is 5.80. The van der Waals surface area contributed by atoms with E-state index in [9.17, 15) is 19.8 Å². The van der Waals surface area contributed by atoms with Crippen molar-refractivity contribution in [2.75, 3.05) is 0 Å². The molecule has 0 atom stereocenters. The predicted molar refractivity (Wildman–Crippen MR) is 125 cm³/mol. The summed E-state index contributed by atoms with van der Waals surface area (Å²) in [5.41, 5.74) is 3.24. The number of aliphatic carboxylic acids is 2. The highest BCUT2D eigenvalue weighted by Gasteiger charge is 2.49. The molecular weight excluding hydrogens is 388 g/mol. The summed E-state index contributed by atoms with van der Waals surface area (Å²) >= 11 is 0. The van der Waals surface area contributed by atoms with Gasteiger partial charge >= 0.3 is 11.9 Å². The molecule has 0 heterocycles. The highest BCUT2D eigenvalue weighted by atomic mass is 16.4. The van der Waals surface area contributed by atoms with E-state index in [1.54, 1.807) is 0 Å². The lowest BCUT2D eigenvalue weighted by Gasteiger charge is -2.18. The molecule has 31 heavy (non-hydrogen) atoms. The molecule has 0 spiro atoms. The van der Waals surface area contributed by atoms with Crippen LogP contribution in [0.1, 0.15) is 108 Å². The van der Waals surface area contributed by atoms with E-state index in [0.717, 1.165) is 77.0 Å². The van der Waals surface area contributed by atoms with Crippen LogP contribution in [-0.4, -0.2) is 22.2 Å². The van der Waals surface area contributed by atoms with Crippen LogP contribution in [0.3, 0.4) is 0 Å². The molecule has 4 heteroatoms. The van der Waals surface area contributed by atoms with E-state index in [1.807, 2.05) is 13.8 Å². The zero-order chi connectivity index (χ0) is 22.9. The maximum atomic E-state index is 11.2. The molecule has 1 saturated carbocycles. The standard InChI is InChI=1S/C27H42O4/c1-21-14-15-22(12-8-4-7-11-17-27(18-19-27)25(30)31)20-23(21)13-9-5-6-10-16-26(2,3)24(28)29/h14-15,20H,4-13,16-19H2,1-3H3,(H,28,29)(H,30,31). The minimum atomic E-state index is -0.702. The third-order valence-corrected chi connectivity index (χ3v) is 7.17. The molecule has 1 aromatic carbocycles. The molecule has 2 N–H and O–H groups in total. The van der Waals surface area contributed by atoms with Gasteiger partial charge in [-0.2, -0.15) is 0 Å². The third-order valence-electron chi connectivity index (χ3n) is 7.17. The van der Waals surface area contributed by atoms with Gasteiger partial charge in [0.1, 0.15) is 0 Å². The molecule has 1 aromatic rings. The van der Waals surface area contributed by atoms with Gasteiger partial charge in [0.2, 0.25) is 0 Å². The molecule has 1 fully saturated rings. The van der Waals surface area contributed by atoms with Crippen molar-refractivity contribution in [3.8, 4) is 0 Å². The maximum absolute atomic E-state index is 11.2. The van der Waals surface area contributed by atoms with Crippen molar-refractivity contribution in [1.29, 1.82) is 0 Å². The number of rotatable bonds is 16. The Morgan fingerprint density at radius 2 is 1.52 bits per heavy atom. The molecule has 174 valence electrons. The molecular formula is C27H42O4. The molecule has 0 radical (unpaired) electrons. The van der Waals surface area contributed by atoms with Crippen LogP contribution in [0.5, 0.6) is 0 Å². The summed E-state index contributed by atoms with van der Waals surface area (Å²) in [6, 6.07) is 6.85. The van der Waals surface area contributed by atoms with Gasteiger partial charge in [-0.15, -0.1) is 0 Å². The lowest BCUT2D eigenvalue weighted by molar-refractivity contribution is -0.147. The zero-order valence-corrected chi connectivity index (χ0v) is 19.8. The number of hydrogen-bond donors (Lipinski definition) is 2. The first-order valence-corrected chi connectivity index (χ1v) is 12.2. The number of aryl methyl sites for hydroxylation is 3. The Morgan fingerprint density at radius 1 is 0.903 bits per heavy atom. The van der Waals surface area contributed by atoms with E-state index in [-0.39, 0.29) is 5.41 Å². The lowest BCUT2D eigenvalue weighted by Crippen LogP contribution is -2.23. The second kappa shape index (κ2) is 11.7. The highest BCUT2D eigenvalue weighted by Crippen LogP contribution is 2.50. The van der Waals surface area contributed by atoms with Crippen LogP contribution in [0.2, 0.25) is 0 Å². The summed E-state index contributed by atoms with van der Waals surface area (Å²) < 4.78 is 0. The predicted octanol–water partition coefficient (Wildman–Crippen LogP) is 6.96. The first kappa shape index (κ1) is 25.4. The van der Waals surface area contributed by atoms with Gasteiger partial charge in [0.25, 0.3) is 0 Å². The van der Waals surface area contributed by atoms with Gasteiger partial charge in [-0.1, -0.05) is 56.7 Å². The van der Waals surface area contributed by atoms with Crippen LogP contribution < -0.4 is 0 Å². The fraction of sp³-hybridized carbons (Fsp3) is 0.704. The van der Waals surface area contributed by atoms with E-state index >= 15 is 0 Å². The highest BCUT2D eigenvalue weighted by molar-refractivity contribution is 5.77. The smallest absolute Gasteiger partial charge is 0.309 e. The molecule has 4 nitrogen and oxygen atoms in total. The number of carboxylic acids is 2. The average molecular weight is 431 g/mol. The van der Waals surface area contributed by atoms with Crippen LogP contribution in [0, 0.1) is 17.8 Å². The van der Waals surface area contributed by atoms with E-state index in [1.165, 1.54) is 29.5 Å². The Labute approximate surface area is 188 Å². The Kier molecular flexibility index (Phi) is 9.58. The average Bonchev–Trinajstić information content (AvgIpc) is 3.50. The SMILES string of the molecule is Cc1ccc(CCCCCCC2(C(=O)O)CC2)cc1CCCCCCC(C)(C)C(=O)O. The lowest BCUT2D eigenvalue weighted by atomic mass is 9.87. The van der Waals surface area contributed by atoms with E-state index in [4.69, 9.17) is 0 Å². The van der Waals surface area contributed by atoms with E-state index in [2.05, 4.69) is 25.1 Å². The zero-order valence-electron chi connectivity index (χ0n) is 19.8. The molecule has 0 bridgehead atoms. The third kappa shape index (κ3) is 8.31. The van der Waals surface area contributed by atoms with Crippen LogP contribution in [0.15, 0.2) is 18.2 Å². The second-order valence-corrected chi connectivity index (χ2v) is 10.4. The number of hydrogen-bond acceptors (Lipinski definition) is 2. The largest absolute Gasteiger partial charge is 0.481 e. The summed E-state index contributed by atoms with van der Waals surface area (Å²) in [7, 11) is 0. The van der Waals surface area contributed by atoms with Crippen LogP contribution in [-0.2, 0) is 22.4 Å². The quantitative estimate of drug-likeness (QED) is 0.278. The van der Waals surface area contributed by atoms with Gasteiger partial charge in [-0.3, -0.25) is 9.59 Å². The molecule has 2 rings (SSSR count). The fourth-order valence-electron chi connectivity index (χ4n) is 4.36. The minimum Gasteiger partial charge on any atom is -0.481 e. The van der Waals surface area contributed by atoms with Crippen LogP contribution in [0.25, 0.3) is 0 Å². The normalized spacial score (nSPS) is 15.1. The van der Waals surface area contributed by atoms with E-state index < -0.39 is 17.4 Å². The van der Waals surface area contributed by atoms with Crippen molar-refractivity contribution < 1.29 is 19.8 Å². The van der Waals surface area contributed by atoms with Gasteiger partial charge in [0.15, 0.2) is 0 Å². The van der Waals surface area contributed by atoms with Crippen molar-refractivity contribution >= 4 is 11.9 Å². The first-order chi connectivity index (χ1) is 14.7. The van der Waals surface area contributed by atoms with Crippen molar-refractivity contribution in [2.45, 2.75) is 111 Å². The monoisotopic (exact) mass is 430 g/mol.